The minimum atomic E-state index is -0.540. The van der Waals surface area contributed by atoms with Gasteiger partial charge >= 0.3 is 0 Å². The predicted octanol–water partition coefficient (Wildman–Crippen LogP) is 2.44. The molecule has 0 spiro atoms. The second kappa shape index (κ2) is 4.55. The fourth-order valence-electron chi connectivity index (χ4n) is 1.80. The molecular weight excluding hydrogens is 214 g/mol. The van der Waals surface area contributed by atoms with Crippen LogP contribution in [0.2, 0.25) is 0 Å². The number of nitrogens with two attached hydrogens (primary N) is 1. The Bertz CT molecular complexity index is 563. The third-order valence-electron chi connectivity index (χ3n) is 2.87. The maximum atomic E-state index is 11.2. The molecule has 0 aliphatic carbocycles. The third kappa shape index (κ3) is 2.29. The predicted molar refractivity (Wildman–Crippen MR) is 68.1 cm³/mol. The number of carbonyl (C=O) groups excluding carboxylic acids is 1. The van der Waals surface area contributed by atoms with Crippen molar-refractivity contribution in [1.82, 2.24) is 0 Å². The molecule has 0 aliphatic heterocycles. The zero-order valence-corrected chi connectivity index (χ0v) is 9.94. The second-order valence-corrected chi connectivity index (χ2v) is 4.06. The lowest BCUT2D eigenvalue weighted by Gasteiger charge is -2.09. The van der Waals surface area contributed by atoms with E-state index in [0.29, 0.717) is 0 Å². The number of benzene rings is 2. The van der Waals surface area contributed by atoms with Gasteiger partial charge in [0.2, 0.25) is 0 Å². The number of carbonyl (C=O) groups is 1. The van der Waals surface area contributed by atoms with Crippen LogP contribution in [0.15, 0.2) is 36.4 Å². The lowest BCUT2D eigenvalue weighted by molar-refractivity contribution is -0.118. The number of rotatable bonds is 3. The highest BCUT2D eigenvalue weighted by Crippen LogP contribution is 2.23. The Labute approximate surface area is 100 Å². The first-order chi connectivity index (χ1) is 8.11. The first-order valence-corrected chi connectivity index (χ1v) is 5.45. The van der Waals surface area contributed by atoms with E-state index >= 15 is 0 Å². The van der Waals surface area contributed by atoms with E-state index in [2.05, 4.69) is 0 Å². The van der Waals surface area contributed by atoms with E-state index in [9.17, 15) is 4.79 Å². The highest BCUT2D eigenvalue weighted by molar-refractivity contribution is 5.88. The molecule has 2 N–H and O–H groups in total. The van der Waals surface area contributed by atoms with Gasteiger partial charge < -0.3 is 10.5 Å². The van der Waals surface area contributed by atoms with Crippen molar-refractivity contribution in [3.63, 3.8) is 0 Å². The van der Waals surface area contributed by atoms with Gasteiger partial charge in [-0.3, -0.25) is 4.79 Å². The number of ether oxygens (including phenoxy) is 1. The first-order valence-electron chi connectivity index (χ1n) is 5.45. The van der Waals surface area contributed by atoms with Crippen molar-refractivity contribution in [2.45, 2.75) is 13.0 Å². The molecule has 0 saturated carbocycles. The van der Waals surface area contributed by atoms with Crippen LogP contribution in [0.3, 0.4) is 0 Å². The van der Waals surface area contributed by atoms with Crippen molar-refractivity contribution in [3.05, 3.63) is 42.0 Å². The first kappa shape index (κ1) is 11.6. The highest BCUT2D eigenvalue weighted by atomic mass is 16.5. The molecule has 0 bridgehead atoms. The zero-order chi connectivity index (χ0) is 12.4. The number of hydrogen-bond acceptors (Lipinski definition) is 3. The zero-order valence-electron chi connectivity index (χ0n) is 9.94. The molecule has 2 aromatic carbocycles. The summed E-state index contributed by atoms with van der Waals surface area (Å²) < 4.78 is 5.16. The number of Topliss-reactive ketones (excluding diaryl/α,β-unsaturated/α-hetero) is 1. The average Bonchev–Trinajstić information content (AvgIpc) is 2.36. The van der Waals surface area contributed by atoms with Gasteiger partial charge in [-0.05, 0) is 41.5 Å². The smallest absolute Gasteiger partial charge is 0.150 e. The van der Waals surface area contributed by atoms with Gasteiger partial charge in [0.25, 0.3) is 0 Å². The molecule has 3 nitrogen and oxygen atoms in total. The Morgan fingerprint density at radius 2 is 1.82 bits per heavy atom. The Balaban J connectivity index is 2.48. The summed E-state index contributed by atoms with van der Waals surface area (Å²) in [6, 6.07) is 11.1. The molecular formula is C14H15NO2. The molecule has 1 atom stereocenters. The van der Waals surface area contributed by atoms with Crippen LogP contribution < -0.4 is 10.5 Å². The second-order valence-electron chi connectivity index (χ2n) is 4.06. The van der Waals surface area contributed by atoms with Crippen LogP contribution in [0, 0.1) is 0 Å². The Morgan fingerprint density at radius 3 is 2.47 bits per heavy atom. The van der Waals surface area contributed by atoms with E-state index in [4.69, 9.17) is 10.5 Å². The van der Waals surface area contributed by atoms with E-state index in [0.717, 1.165) is 22.1 Å². The molecule has 0 radical (unpaired) electrons. The lowest BCUT2D eigenvalue weighted by atomic mass is 10.0. The summed E-state index contributed by atoms with van der Waals surface area (Å²) in [5.74, 6) is 0.791. The number of fused-ring (bicyclic) bond motifs is 1. The Hall–Kier alpha value is -1.87. The molecule has 88 valence electrons. The molecule has 0 fully saturated rings. The van der Waals surface area contributed by atoms with E-state index in [1.54, 1.807) is 7.11 Å². The largest absolute Gasteiger partial charge is 0.497 e. The topological polar surface area (TPSA) is 52.3 Å². The van der Waals surface area contributed by atoms with Crippen LogP contribution in [0.5, 0.6) is 5.75 Å². The maximum absolute atomic E-state index is 11.2. The average molecular weight is 229 g/mol. The van der Waals surface area contributed by atoms with E-state index in [-0.39, 0.29) is 5.78 Å². The minimum Gasteiger partial charge on any atom is -0.497 e. The summed E-state index contributed by atoms with van der Waals surface area (Å²) in [4.78, 5) is 11.2. The maximum Gasteiger partial charge on any atom is 0.150 e. The van der Waals surface area contributed by atoms with E-state index < -0.39 is 6.04 Å². The Morgan fingerprint density at radius 1 is 1.18 bits per heavy atom. The summed E-state index contributed by atoms with van der Waals surface area (Å²) >= 11 is 0. The fraction of sp³-hybridized carbons (Fsp3) is 0.214. The summed E-state index contributed by atoms with van der Waals surface area (Å²) in [5.41, 5.74) is 6.65. The standard InChI is InChI=1S/C14H15NO2/c1-9(16)14(15)12-4-3-11-8-13(17-2)6-5-10(11)7-12/h3-8,14H,15H2,1-2H3. The van der Waals surface area contributed by atoms with Gasteiger partial charge in [0.15, 0.2) is 5.78 Å². The fourth-order valence-corrected chi connectivity index (χ4v) is 1.80. The van der Waals surface area contributed by atoms with E-state index in [1.165, 1.54) is 6.92 Å². The van der Waals surface area contributed by atoms with Gasteiger partial charge in [-0.1, -0.05) is 18.2 Å². The van der Waals surface area contributed by atoms with Crippen molar-refractivity contribution >= 4 is 16.6 Å². The van der Waals surface area contributed by atoms with Crippen molar-refractivity contribution in [2.75, 3.05) is 7.11 Å². The summed E-state index contributed by atoms with van der Waals surface area (Å²) in [5, 5.41) is 2.13. The monoisotopic (exact) mass is 229 g/mol. The van der Waals surface area contributed by atoms with Gasteiger partial charge in [0, 0.05) is 0 Å². The van der Waals surface area contributed by atoms with Crippen molar-refractivity contribution in [2.24, 2.45) is 5.73 Å². The highest BCUT2D eigenvalue weighted by Gasteiger charge is 2.11. The van der Waals surface area contributed by atoms with E-state index in [1.807, 2.05) is 36.4 Å². The van der Waals surface area contributed by atoms with Crippen LogP contribution in [-0.2, 0) is 4.79 Å². The van der Waals surface area contributed by atoms with Crippen LogP contribution in [0.4, 0.5) is 0 Å². The molecule has 1 unspecified atom stereocenters. The molecule has 2 aromatic rings. The van der Waals surface area contributed by atoms with Crippen molar-refractivity contribution < 1.29 is 9.53 Å². The van der Waals surface area contributed by atoms with Crippen LogP contribution >= 0.6 is 0 Å². The van der Waals surface area contributed by atoms with Gasteiger partial charge in [-0.25, -0.2) is 0 Å². The molecule has 0 heterocycles. The summed E-state index contributed by atoms with van der Waals surface area (Å²) in [6.45, 7) is 1.50. The van der Waals surface area contributed by atoms with Crippen molar-refractivity contribution in [3.8, 4) is 5.75 Å². The van der Waals surface area contributed by atoms with Crippen LogP contribution in [0.25, 0.3) is 10.8 Å². The summed E-state index contributed by atoms with van der Waals surface area (Å²) in [7, 11) is 1.64. The van der Waals surface area contributed by atoms with Gasteiger partial charge in [-0.2, -0.15) is 0 Å². The molecule has 17 heavy (non-hydrogen) atoms. The number of hydrogen-bond donors (Lipinski definition) is 1. The Kier molecular flexibility index (Phi) is 3.11. The molecule has 0 aliphatic rings. The molecule has 3 heteroatoms. The molecule has 2 rings (SSSR count). The molecule has 0 amide bonds. The SMILES string of the molecule is COc1ccc2cc(C(N)C(C)=O)ccc2c1. The number of ketones is 1. The van der Waals surface area contributed by atoms with Gasteiger partial charge in [0.05, 0.1) is 13.2 Å². The minimum absolute atomic E-state index is 0.0298. The van der Waals surface area contributed by atoms with Gasteiger partial charge in [0.1, 0.15) is 5.75 Å². The van der Waals surface area contributed by atoms with Gasteiger partial charge in [-0.15, -0.1) is 0 Å². The normalized spacial score (nSPS) is 12.4. The number of methoxy groups -OCH3 is 1. The van der Waals surface area contributed by atoms with Crippen LogP contribution in [0.1, 0.15) is 18.5 Å². The quantitative estimate of drug-likeness (QED) is 0.879. The summed E-state index contributed by atoms with van der Waals surface area (Å²) in [6.07, 6.45) is 0. The third-order valence-corrected chi connectivity index (χ3v) is 2.87. The van der Waals surface area contributed by atoms with Crippen molar-refractivity contribution in [1.29, 1.82) is 0 Å². The lowest BCUT2D eigenvalue weighted by Crippen LogP contribution is -2.18. The molecule has 0 aromatic heterocycles. The van der Waals surface area contributed by atoms with Crippen LogP contribution in [-0.4, -0.2) is 12.9 Å². The molecule has 0 saturated heterocycles.